The first-order valence-corrected chi connectivity index (χ1v) is 12.1. The van der Waals surface area contributed by atoms with Crippen LogP contribution >= 0.6 is 0 Å². The number of para-hydroxylation sites is 2. The van der Waals surface area contributed by atoms with E-state index in [0.29, 0.717) is 26.2 Å². The largest absolute Gasteiger partial charge is 0.495 e. The number of amides is 2. The minimum atomic E-state index is -0.00520. The molecule has 0 spiro atoms. The number of carbonyl (C=O) groups is 2. The van der Waals surface area contributed by atoms with E-state index in [1.165, 1.54) is 0 Å². The van der Waals surface area contributed by atoms with Gasteiger partial charge in [-0.05, 0) is 41.8 Å². The summed E-state index contributed by atoms with van der Waals surface area (Å²) in [6, 6.07) is 21.9. The standard InChI is InChI=1S/C28H31N3O3/c1-34-26-12-5-4-11-25(26)29-17-19-31(20-18-29)27(32)22-13-15-30(16-14-22)28(33)24-10-6-8-21-7-2-3-9-23(21)24/h2-12,22H,13-20H2,1H3. The topological polar surface area (TPSA) is 53.1 Å². The average Bonchev–Trinajstić information content (AvgIpc) is 2.92. The van der Waals surface area contributed by atoms with E-state index in [0.717, 1.165) is 53.7 Å². The molecular weight excluding hydrogens is 426 g/mol. The third-order valence-corrected chi connectivity index (χ3v) is 7.17. The van der Waals surface area contributed by atoms with Crippen LogP contribution in [0.4, 0.5) is 5.69 Å². The predicted molar refractivity (Wildman–Crippen MR) is 134 cm³/mol. The molecule has 0 bridgehead atoms. The Balaban J connectivity index is 1.17. The fourth-order valence-electron chi connectivity index (χ4n) is 5.23. The van der Waals surface area contributed by atoms with E-state index in [1.54, 1.807) is 7.11 Å². The van der Waals surface area contributed by atoms with Crippen LogP contribution in [0.5, 0.6) is 5.75 Å². The Morgan fingerprint density at radius 1 is 0.765 bits per heavy atom. The molecule has 2 heterocycles. The number of ether oxygens (including phenoxy) is 1. The molecule has 6 heteroatoms. The number of methoxy groups -OCH3 is 1. The van der Waals surface area contributed by atoms with Gasteiger partial charge in [-0.2, -0.15) is 0 Å². The molecule has 2 amide bonds. The molecule has 2 aliphatic heterocycles. The Labute approximate surface area is 200 Å². The highest BCUT2D eigenvalue weighted by Crippen LogP contribution is 2.29. The van der Waals surface area contributed by atoms with Crippen molar-refractivity contribution in [2.24, 2.45) is 5.92 Å². The highest BCUT2D eigenvalue weighted by molar-refractivity contribution is 6.07. The fraction of sp³-hybridized carbons (Fsp3) is 0.357. The zero-order valence-electron chi connectivity index (χ0n) is 19.7. The molecule has 6 nitrogen and oxygen atoms in total. The number of piperazine rings is 1. The molecule has 0 N–H and O–H groups in total. The van der Waals surface area contributed by atoms with E-state index in [1.807, 2.05) is 70.5 Å². The number of hydrogen-bond donors (Lipinski definition) is 0. The summed E-state index contributed by atoms with van der Waals surface area (Å²) in [5.41, 5.74) is 1.83. The van der Waals surface area contributed by atoms with Crippen molar-refractivity contribution < 1.29 is 14.3 Å². The Kier molecular flexibility index (Phi) is 6.39. The van der Waals surface area contributed by atoms with Crippen LogP contribution in [-0.2, 0) is 4.79 Å². The molecule has 5 rings (SSSR count). The van der Waals surface area contributed by atoms with Crippen molar-refractivity contribution >= 4 is 28.3 Å². The minimum Gasteiger partial charge on any atom is -0.495 e. The number of fused-ring (bicyclic) bond motifs is 1. The first-order valence-electron chi connectivity index (χ1n) is 12.1. The lowest BCUT2D eigenvalue weighted by Gasteiger charge is -2.39. The number of piperidine rings is 1. The normalized spacial score (nSPS) is 17.1. The van der Waals surface area contributed by atoms with Gasteiger partial charge >= 0.3 is 0 Å². The number of anilines is 1. The minimum absolute atomic E-state index is 0.00520. The Morgan fingerprint density at radius 2 is 1.44 bits per heavy atom. The molecule has 0 unspecified atom stereocenters. The van der Waals surface area contributed by atoms with E-state index >= 15 is 0 Å². The lowest BCUT2D eigenvalue weighted by atomic mass is 9.94. The first kappa shape index (κ1) is 22.3. The molecule has 0 aliphatic carbocycles. The average molecular weight is 458 g/mol. The van der Waals surface area contributed by atoms with Gasteiger partial charge in [0.25, 0.3) is 5.91 Å². The van der Waals surface area contributed by atoms with Gasteiger partial charge in [-0.25, -0.2) is 0 Å². The predicted octanol–water partition coefficient (Wildman–Crippen LogP) is 4.05. The molecule has 176 valence electrons. The molecule has 2 aliphatic rings. The van der Waals surface area contributed by atoms with Crippen LogP contribution in [0.25, 0.3) is 10.8 Å². The number of likely N-dealkylation sites (tertiary alicyclic amines) is 1. The second-order valence-corrected chi connectivity index (χ2v) is 9.08. The van der Waals surface area contributed by atoms with E-state index < -0.39 is 0 Å². The van der Waals surface area contributed by atoms with Crippen molar-refractivity contribution in [2.45, 2.75) is 12.8 Å². The second kappa shape index (κ2) is 9.75. The Bertz CT molecular complexity index is 1170. The van der Waals surface area contributed by atoms with Crippen molar-refractivity contribution in [1.29, 1.82) is 0 Å². The first-order chi connectivity index (χ1) is 16.7. The van der Waals surface area contributed by atoms with Crippen LogP contribution < -0.4 is 9.64 Å². The summed E-state index contributed by atoms with van der Waals surface area (Å²) in [6.45, 7) is 4.27. The summed E-state index contributed by atoms with van der Waals surface area (Å²) in [4.78, 5) is 32.6. The third kappa shape index (κ3) is 4.32. The zero-order chi connectivity index (χ0) is 23.5. The highest BCUT2D eigenvalue weighted by atomic mass is 16.5. The van der Waals surface area contributed by atoms with Gasteiger partial charge in [0.05, 0.1) is 12.8 Å². The van der Waals surface area contributed by atoms with Gasteiger partial charge < -0.3 is 19.4 Å². The lowest BCUT2D eigenvalue weighted by Crippen LogP contribution is -2.52. The van der Waals surface area contributed by atoms with Gasteiger partial charge in [0, 0.05) is 50.7 Å². The summed E-state index contributed by atoms with van der Waals surface area (Å²) < 4.78 is 5.50. The Hall–Kier alpha value is -3.54. The summed E-state index contributed by atoms with van der Waals surface area (Å²) >= 11 is 0. The second-order valence-electron chi connectivity index (χ2n) is 9.08. The molecule has 3 aromatic carbocycles. The Morgan fingerprint density at radius 3 is 2.21 bits per heavy atom. The van der Waals surface area contributed by atoms with Crippen LogP contribution in [0.3, 0.4) is 0 Å². The fourth-order valence-corrected chi connectivity index (χ4v) is 5.23. The molecular formula is C28H31N3O3. The van der Waals surface area contributed by atoms with Crippen LogP contribution in [0.15, 0.2) is 66.7 Å². The number of nitrogens with zero attached hydrogens (tertiary/aromatic N) is 3. The van der Waals surface area contributed by atoms with Gasteiger partial charge in [-0.3, -0.25) is 9.59 Å². The number of benzene rings is 3. The van der Waals surface area contributed by atoms with Crippen LogP contribution in [0.1, 0.15) is 23.2 Å². The van der Waals surface area contributed by atoms with E-state index in [2.05, 4.69) is 11.0 Å². The van der Waals surface area contributed by atoms with Gasteiger partial charge in [0.1, 0.15) is 5.75 Å². The van der Waals surface area contributed by atoms with Gasteiger partial charge in [0.15, 0.2) is 0 Å². The maximum atomic E-state index is 13.2. The maximum absolute atomic E-state index is 13.2. The highest BCUT2D eigenvalue weighted by Gasteiger charge is 2.32. The van der Waals surface area contributed by atoms with Crippen LogP contribution in [0.2, 0.25) is 0 Å². The monoisotopic (exact) mass is 457 g/mol. The number of hydrogen-bond acceptors (Lipinski definition) is 4. The van der Waals surface area contributed by atoms with Gasteiger partial charge in [-0.1, -0.05) is 48.5 Å². The zero-order valence-corrected chi connectivity index (χ0v) is 19.7. The van der Waals surface area contributed by atoms with E-state index in [9.17, 15) is 9.59 Å². The van der Waals surface area contributed by atoms with Crippen molar-refractivity contribution in [3.63, 3.8) is 0 Å². The smallest absolute Gasteiger partial charge is 0.254 e. The summed E-state index contributed by atoms with van der Waals surface area (Å²) in [5, 5.41) is 2.06. The van der Waals surface area contributed by atoms with Crippen LogP contribution in [-0.4, -0.2) is 68.0 Å². The van der Waals surface area contributed by atoms with Gasteiger partial charge in [0.2, 0.25) is 5.91 Å². The number of carbonyl (C=O) groups excluding carboxylic acids is 2. The third-order valence-electron chi connectivity index (χ3n) is 7.17. The molecule has 0 atom stereocenters. The summed E-state index contributed by atoms with van der Waals surface area (Å²) in [6.07, 6.45) is 1.45. The van der Waals surface area contributed by atoms with Crippen molar-refractivity contribution in [3.05, 3.63) is 72.3 Å². The summed E-state index contributed by atoms with van der Waals surface area (Å²) in [5.74, 6) is 1.16. The molecule has 2 saturated heterocycles. The SMILES string of the molecule is COc1ccccc1N1CCN(C(=O)C2CCN(C(=O)c3cccc4ccccc34)CC2)CC1. The van der Waals surface area contributed by atoms with Crippen LogP contribution in [0, 0.1) is 5.92 Å². The quantitative estimate of drug-likeness (QED) is 0.593. The molecule has 0 aromatic heterocycles. The lowest BCUT2D eigenvalue weighted by molar-refractivity contribution is -0.137. The molecule has 0 saturated carbocycles. The molecule has 2 fully saturated rings. The molecule has 3 aromatic rings. The van der Waals surface area contributed by atoms with Crippen molar-refractivity contribution in [3.8, 4) is 5.75 Å². The summed E-state index contributed by atoms with van der Waals surface area (Å²) in [7, 11) is 1.69. The molecule has 0 radical (unpaired) electrons. The van der Waals surface area contributed by atoms with Gasteiger partial charge in [-0.15, -0.1) is 0 Å². The number of rotatable bonds is 4. The van der Waals surface area contributed by atoms with E-state index in [4.69, 9.17) is 4.74 Å². The van der Waals surface area contributed by atoms with Crippen molar-refractivity contribution in [2.75, 3.05) is 51.3 Å². The molecule has 34 heavy (non-hydrogen) atoms. The van der Waals surface area contributed by atoms with E-state index in [-0.39, 0.29) is 17.7 Å². The van der Waals surface area contributed by atoms with Crippen molar-refractivity contribution in [1.82, 2.24) is 9.80 Å². The maximum Gasteiger partial charge on any atom is 0.254 e.